The summed E-state index contributed by atoms with van der Waals surface area (Å²) in [5.74, 6) is -1.10. The van der Waals surface area contributed by atoms with E-state index in [1.165, 1.54) is 18.3 Å². The Labute approximate surface area is 133 Å². The van der Waals surface area contributed by atoms with Crippen LogP contribution in [0.25, 0.3) is 0 Å². The summed E-state index contributed by atoms with van der Waals surface area (Å²) in [7, 11) is 0. The molecule has 2 rings (SSSR count). The van der Waals surface area contributed by atoms with E-state index in [0.29, 0.717) is 17.0 Å². The first-order valence-corrected chi connectivity index (χ1v) is 7.30. The van der Waals surface area contributed by atoms with Crippen LogP contribution in [0.1, 0.15) is 29.8 Å². The van der Waals surface area contributed by atoms with Gasteiger partial charge in [0.25, 0.3) is 5.91 Å². The Morgan fingerprint density at radius 1 is 1.26 bits per heavy atom. The van der Waals surface area contributed by atoms with E-state index in [1.54, 1.807) is 12.1 Å². The van der Waals surface area contributed by atoms with Crippen molar-refractivity contribution >= 4 is 5.91 Å². The minimum atomic E-state index is -0.620. The van der Waals surface area contributed by atoms with Gasteiger partial charge in [0.15, 0.2) is 0 Å². The fourth-order valence-corrected chi connectivity index (χ4v) is 1.96. The molecule has 4 nitrogen and oxygen atoms in total. The normalized spacial score (nSPS) is 10.7. The van der Waals surface area contributed by atoms with E-state index < -0.39 is 11.6 Å². The number of rotatable bonds is 6. The highest BCUT2D eigenvalue weighted by molar-refractivity contribution is 5.93. The van der Waals surface area contributed by atoms with Crippen molar-refractivity contribution < 1.29 is 18.3 Å². The average molecular weight is 320 g/mol. The second kappa shape index (κ2) is 7.67. The largest absolute Gasteiger partial charge is 0.475 e. The predicted octanol–water partition coefficient (Wildman–Crippen LogP) is 3.12. The van der Waals surface area contributed by atoms with Crippen LogP contribution in [0.2, 0.25) is 0 Å². The molecule has 2 aromatic rings. The Bertz CT molecular complexity index is 673. The lowest BCUT2D eigenvalue weighted by atomic mass is 10.1. The summed E-state index contributed by atoms with van der Waals surface area (Å²) in [6.45, 7) is 4.01. The van der Waals surface area contributed by atoms with Crippen molar-refractivity contribution in [1.82, 2.24) is 10.3 Å². The summed E-state index contributed by atoms with van der Waals surface area (Å²) in [6.07, 6.45) is 1.71. The van der Waals surface area contributed by atoms with E-state index in [-0.39, 0.29) is 25.0 Å². The molecule has 1 N–H and O–H groups in total. The summed E-state index contributed by atoms with van der Waals surface area (Å²) in [4.78, 5) is 16.0. The number of ether oxygens (including phenoxy) is 1. The molecule has 0 bridgehead atoms. The Kier molecular flexibility index (Phi) is 5.62. The zero-order valence-corrected chi connectivity index (χ0v) is 13.0. The fraction of sp³-hybridized carbons (Fsp3) is 0.294. The van der Waals surface area contributed by atoms with Gasteiger partial charge in [-0.1, -0.05) is 6.07 Å². The van der Waals surface area contributed by atoms with Crippen LogP contribution in [-0.4, -0.2) is 23.5 Å². The number of aromatic nitrogens is 1. The van der Waals surface area contributed by atoms with Crippen molar-refractivity contribution in [2.24, 2.45) is 0 Å². The lowest BCUT2D eigenvalue weighted by Gasteiger charge is -2.09. The second-order valence-electron chi connectivity index (χ2n) is 5.29. The van der Waals surface area contributed by atoms with Gasteiger partial charge in [0.1, 0.15) is 11.6 Å². The van der Waals surface area contributed by atoms with E-state index in [2.05, 4.69) is 10.3 Å². The summed E-state index contributed by atoms with van der Waals surface area (Å²) in [5, 5.41) is 2.67. The molecule has 0 aliphatic heterocycles. The Balaban J connectivity index is 1.87. The molecule has 122 valence electrons. The van der Waals surface area contributed by atoms with Crippen LogP contribution < -0.4 is 10.1 Å². The SMILES string of the molecule is CC(C)Oc1ccc(C(=O)NCCc2ccc(F)cc2F)cn1. The monoisotopic (exact) mass is 320 g/mol. The average Bonchev–Trinajstić information content (AvgIpc) is 2.49. The minimum absolute atomic E-state index is 0.00721. The Hall–Kier alpha value is -2.50. The standard InChI is InChI=1S/C17H18F2N2O2/c1-11(2)23-16-6-4-13(10-21-16)17(22)20-8-7-12-3-5-14(18)9-15(12)19/h3-6,9-11H,7-8H2,1-2H3,(H,20,22). The third kappa shape index (κ3) is 5.02. The molecule has 0 saturated heterocycles. The maximum atomic E-state index is 13.5. The van der Waals surface area contributed by atoms with Gasteiger partial charge < -0.3 is 10.1 Å². The van der Waals surface area contributed by atoms with E-state index in [4.69, 9.17) is 4.74 Å². The zero-order valence-electron chi connectivity index (χ0n) is 13.0. The van der Waals surface area contributed by atoms with Gasteiger partial charge in [-0.05, 0) is 38.0 Å². The van der Waals surface area contributed by atoms with Gasteiger partial charge in [0.2, 0.25) is 5.88 Å². The fourth-order valence-electron chi connectivity index (χ4n) is 1.96. The molecule has 1 heterocycles. The molecule has 0 spiro atoms. The summed E-state index contributed by atoms with van der Waals surface area (Å²) in [5.41, 5.74) is 0.742. The van der Waals surface area contributed by atoms with Crippen molar-refractivity contribution in [3.05, 3.63) is 59.3 Å². The molecule has 0 aliphatic rings. The molecule has 6 heteroatoms. The molecule has 1 aromatic heterocycles. The smallest absolute Gasteiger partial charge is 0.252 e. The lowest BCUT2D eigenvalue weighted by molar-refractivity contribution is 0.0953. The number of pyridine rings is 1. The van der Waals surface area contributed by atoms with Gasteiger partial charge in [-0.25, -0.2) is 13.8 Å². The summed E-state index contributed by atoms with van der Waals surface area (Å²) in [6, 6.07) is 6.62. The topological polar surface area (TPSA) is 51.2 Å². The maximum Gasteiger partial charge on any atom is 0.252 e. The zero-order chi connectivity index (χ0) is 16.8. The molecular weight excluding hydrogens is 302 g/mol. The first-order valence-electron chi connectivity index (χ1n) is 7.30. The number of halogens is 2. The highest BCUT2D eigenvalue weighted by Crippen LogP contribution is 2.11. The van der Waals surface area contributed by atoms with Crippen molar-refractivity contribution in [2.75, 3.05) is 6.54 Å². The second-order valence-corrected chi connectivity index (χ2v) is 5.29. The van der Waals surface area contributed by atoms with Gasteiger partial charge in [-0.2, -0.15) is 0 Å². The van der Waals surface area contributed by atoms with E-state index in [9.17, 15) is 13.6 Å². The first-order chi connectivity index (χ1) is 11.0. The summed E-state index contributed by atoms with van der Waals surface area (Å²) < 4.78 is 31.7. The third-order valence-corrected chi connectivity index (χ3v) is 3.05. The highest BCUT2D eigenvalue weighted by atomic mass is 19.1. The number of nitrogens with zero attached hydrogens (tertiary/aromatic N) is 1. The van der Waals surface area contributed by atoms with Crippen LogP contribution in [-0.2, 0) is 6.42 Å². The Morgan fingerprint density at radius 3 is 2.65 bits per heavy atom. The van der Waals surface area contributed by atoms with Gasteiger partial charge in [-0.3, -0.25) is 4.79 Å². The number of hydrogen-bond acceptors (Lipinski definition) is 3. The molecule has 1 aromatic carbocycles. The summed E-state index contributed by atoms with van der Waals surface area (Å²) >= 11 is 0. The van der Waals surface area contributed by atoms with Crippen molar-refractivity contribution in [1.29, 1.82) is 0 Å². The number of hydrogen-bond donors (Lipinski definition) is 1. The molecule has 23 heavy (non-hydrogen) atoms. The van der Waals surface area contributed by atoms with Crippen LogP contribution in [0.5, 0.6) is 5.88 Å². The molecule has 0 aliphatic carbocycles. The molecule has 0 fully saturated rings. The van der Waals surface area contributed by atoms with Gasteiger partial charge in [0.05, 0.1) is 11.7 Å². The Morgan fingerprint density at radius 2 is 2.04 bits per heavy atom. The van der Waals surface area contributed by atoms with E-state index >= 15 is 0 Å². The quantitative estimate of drug-likeness (QED) is 0.890. The number of carbonyl (C=O) groups excluding carboxylic acids is 1. The van der Waals surface area contributed by atoms with Crippen molar-refractivity contribution in [3.8, 4) is 5.88 Å². The van der Waals surface area contributed by atoms with E-state index in [1.807, 2.05) is 13.8 Å². The van der Waals surface area contributed by atoms with Crippen LogP contribution in [0, 0.1) is 11.6 Å². The van der Waals surface area contributed by atoms with Crippen LogP contribution in [0.15, 0.2) is 36.5 Å². The molecular formula is C17H18F2N2O2. The number of carbonyl (C=O) groups is 1. The highest BCUT2D eigenvalue weighted by Gasteiger charge is 2.08. The van der Waals surface area contributed by atoms with E-state index in [0.717, 1.165) is 6.07 Å². The van der Waals surface area contributed by atoms with Gasteiger partial charge in [0, 0.05) is 24.9 Å². The molecule has 0 radical (unpaired) electrons. The van der Waals surface area contributed by atoms with Crippen molar-refractivity contribution in [2.45, 2.75) is 26.4 Å². The molecule has 1 amide bonds. The van der Waals surface area contributed by atoms with Crippen LogP contribution in [0.4, 0.5) is 8.78 Å². The van der Waals surface area contributed by atoms with Crippen LogP contribution in [0.3, 0.4) is 0 Å². The number of nitrogens with one attached hydrogen (secondary N) is 1. The minimum Gasteiger partial charge on any atom is -0.475 e. The van der Waals surface area contributed by atoms with Crippen molar-refractivity contribution in [3.63, 3.8) is 0 Å². The van der Waals surface area contributed by atoms with Gasteiger partial charge >= 0.3 is 0 Å². The maximum absolute atomic E-state index is 13.5. The number of amides is 1. The predicted molar refractivity (Wildman–Crippen MR) is 82.4 cm³/mol. The van der Waals surface area contributed by atoms with Crippen LogP contribution >= 0.6 is 0 Å². The third-order valence-electron chi connectivity index (χ3n) is 3.05. The van der Waals surface area contributed by atoms with Gasteiger partial charge in [-0.15, -0.1) is 0 Å². The molecule has 0 saturated carbocycles. The number of benzene rings is 1. The molecule has 0 unspecified atom stereocenters. The molecule has 0 atom stereocenters. The lowest BCUT2D eigenvalue weighted by Crippen LogP contribution is -2.26. The first kappa shape index (κ1) is 16.9.